The summed E-state index contributed by atoms with van der Waals surface area (Å²) in [5.41, 5.74) is 7.22. The summed E-state index contributed by atoms with van der Waals surface area (Å²) < 4.78 is 0. The van der Waals surface area contributed by atoms with Crippen LogP contribution in [-0.4, -0.2) is 39.0 Å². The minimum atomic E-state index is -0.575. The van der Waals surface area contributed by atoms with Crippen molar-refractivity contribution in [1.82, 2.24) is 14.9 Å². The first-order valence-corrected chi connectivity index (χ1v) is 9.05. The Morgan fingerprint density at radius 1 is 1.46 bits per heavy atom. The number of carbonyl (C=O) groups excluding carboxylic acids is 1. The number of hydrogen-bond acceptors (Lipinski definition) is 6. The summed E-state index contributed by atoms with van der Waals surface area (Å²) in [6, 6.07) is 5.56. The monoisotopic (exact) mass is 346 g/mol. The third kappa shape index (κ3) is 3.42. The first kappa shape index (κ1) is 16.9. The Labute approximate surface area is 145 Å². The van der Waals surface area contributed by atoms with Gasteiger partial charge in [-0.25, -0.2) is 4.98 Å². The fourth-order valence-electron chi connectivity index (χ4n) is 3.13. The Balaban J connectivity index is 1.63. The van der Waals surface area contributed by atoms with Crippen LogP contribution in [0.4, 0.5) is 5.13 Å². The van der Waals surface area contributed by atoms with E-state index >= 15 is 0 Å². The smallest absolute Gasteiger partial charge is 0.265 e. The van der Waals surface area contributed by atoms with E-state index in [2.05, 4.69) is 9.97 Å². The summed E-state index contributed by atoms with van der Waals surface area (Å²) in [7, 11) is 0. The van der Waals surface area contributed by atoms with E-state index in [1.807, 2.05) is 30.0 Å². The third-order valence-electron chi connectivity index (χ3n) is 4.51. The Morgan fingerprint density at radius 3 is 2.83 bits per heavy atom. The van der Waals surface area contributed by atoms with Gasteiger partial charge in [-0.15, -0.1) is 0 Å². The van der Waals surface area contributed by atoms with E-state index in [0.717, 1.165) is 18.5 Å². The van der Waals surface area contributed by atoms with E-state index in [4.69, 9.17) is 5.73 Å². The second-order valence-corrected chi connectivity index (χ2v) is 7.04. The number of hydrogen-bond donors (Lipinski definition) is 2. The van der Waals surface area contributed by atoms with Crippen molar-refractivity contribution >= 4 is 22.4 Å². The number of likely N-dealkylation sites (tertiary alicyclic amines) is 1. The Kier molecular flexibility index (Phi) is 5.11. The Bertz CT molecular complexity index is 696. The molecule has 6 nitrogen and oxygen atoms in total. The van der Waals surface area contributed by atoms with E-state index in [1.54, 1.807) is 6.20 Å². The summed E-state index contributed by atoms with van der Waals surface area (Å²) in [4.78, 5) is 23.7. The molecule has 0 radical (unpaired) electrons. The summed E-state index contributed by atoms with van der Waals surface area (Å²) >= 11 is 1.26. The SMILES string of the molecule is CCc1nc(N)sc1C(=O)N1CCC([C@@H](O)c2ccccn2)CC1. The zero-order chi connectivity index (χ0) is 17.1. The second-order valence-electron chi connectivity index (χ2n) is 6.01. The number of aromatic nitrogens is 2. The zero-order valence-electron chi connectivity index (χ0n) is 13.7. The number of aliphatic hydroxyl groups is 1. The van der Waals surface area contributed by atoms with Gasteiger partial charge in [-0.2, -0.15) is 0 Å². The molecule has 2 aromatic rings. The lowest BCUT2D eigenvalue weighted by Gasteiger charge is -2.34. The maximum absolute atomic E-state index is 12.7. The number of nitrogen functional groups attached to an aromatic ring is 1. The highest BCUT2D eigenvalue weighted by atomic mass is 32.1. The van der Waals surface area contributed by atoms with Gasteiger partial charge in [0, 0.05) is 19.3 Å². The molecule has 0 bridgehead atoms. The normalized spacial score (nSPS) is 17.0. The molecule has 1 amide bonds. The van der Waals surface area contributed by atoms with Gasteiger partial charge in [0.1, 0.15) is 4.88 Å². The van der Waals surface area contributed by atoms with Gasteiger partial charge < -0.3 is 15.7 Å². The third-order valence-corrected chi connectivity index (χ3v) is 5.42. The van der Waals surface area contributed by atoms with Crippen LogP contribution < -0.4 is 5.73 Å². The number of piperidine rings is 1. The topological polar surface area (TPSA) is 92.3 Å². The number of rotatable bonds is 4. The first-order chi connectivity index (χ1) is 11.6. The second kappa shape index (κ2) is 7.27. The van der Waals surface area contributed by atoms with E-state index in [1.165, 1.54) is 11.3 Å². The Hall–Kier alpha value is -1.99. The molecule has 3 heterocycles. The largest absolute Gasteiger partial charge is 0.387 e. The van der Waals surface area contributed by atoms with Crippen molar-refractivity contribution in [2.24, 2.45) is 5.92 Å². The van der Waals surface area contributed by atoms with Gasteiger partial charge in [0.05, 0.1) is 17.5 Å². The summed E-state index contributed by atoms with van der Waals surface area (Å²) in [6.45, 7) is 3.24. The number of thiazole rings is 1. The molecule has 2 aromatic heterocycles. The molecule has 128 valence electrons. The van der Waals surface area contributed by atoms with Crippen LogP contribution in [-0.2, 0) is 6.42 Å². The summed E-state index contributed by atoms with van der Waals surface area (Å²) in [6.07, 6.45) is 3.34. The number of pyridine rings is 1. The molecule has 1 aliphatic rings. The fourth-order valence-corrected chi connectivity index (χ4v) is 4.02. The number of nitrogens with zero attached hydrogens (tertiary/aromatic N) is 3. The number of anilines is 1. The van der Waals surface area contributed by atoms with Gasteiger partial charge in [-0.3, -0.25) is 9.78 Å². The lowest BCUT2D eigenvalue weighted by Crippen LogP contribution is -2.39. The molecule has 3 rings (SSSR count). The Morgan fingerprint density at radius 2 is 2.21 bits per heavy atom. The molecule has 1 fully saturated rings. The molecule has 0 aliphatic carbocycles. The van der Waals surface area contributed by atoms with Crippen molar-refractivity contribution in [3.8, 4) is 0 Å². The van der Waals surface area contributed by atoms with Crippen LogP contribution in [0.3, 0.4) is 0 Å². The molecular formula is C17H22N4O2S. The van der Waals surface area contributed by atoms with Gasteiger partial charge in [-0.1, -0.05) is 24.3 Å². The van der Waals surface area contributed by atoms with Crippen molar-refractivity contribution in [2.45, 2.75) is 32.3 Å². The van der Waals surface area contributed by atoms with Crippen LogP contribution in [0.25, 0.3) is 0 Å². The lowest BCUT2D eigenvalue weighted by atomic mass is 9.89. The van der Waals surface area contributed by atoms with Crippen LogP contribution in [0, 0.1) is 5.92 Å². The molecule has 1 aliphatic heterocycles. The van der Waals surface area contributed by atoms with Gasteiger partial charge in [0.2, 0.25) is 0 Å². The van der Waals surface area contributed by atoms with Gasteiger partial charge in [-0.05, 0) is 37.3 Å². The van der Waals surface area contributed by atoms with Crippen LogP contribution in [0.2, 0.25) is 0 Å². The predicted molar refractivity (Wildman–Crippen MR) is 93.7 cm³/mol. The summed E-state index contributed by atoms with van der Waals surface area (Å²) in [5.74, 6) is 0.132. The highest BCUT2D eigenvalue weighted by Crippen LogP contribution is 2.31. The van der Waals surface area contributed by atoms with E-state index < -0.39 is 6.10 Å². The molecule has 7 heteroatoms. The minimum Gasteiger partial charge on any atom is -0.387 e. The highest BCUT2D eigenvalue weighted by molar-refractivity contribution is 7.17. The van der Waals surface area contributed by atoms with Gasteiger partial charge in [0.15, 0.2) is 5.13 Å². The van der Waals surface area contributed by atoms with E-state index in [0.29, 0.717) is 35.2 Å². The fraction of sp³-hybridized carbons (Fsp3) is 0.471. The number of aliphatic hydroxyl groups excluding tert-OH is 1. The first-order valence-electron chi connectivity index (χ1n) is 8.23. The van der Waals surface area contributed by atoms with Crippen molar-refractivity contribution in [3.05, 3.63) is 40.7 Å². The average molecular weight is 346 g/mol. The van der Waals surface area contributed by atoms with Crippen LogP contribution in [0.5, 0.6) is 0 Å². The predicted octanol–water partition coefficient (Wildman–Crippen LogP) is 2.27. The van der Waals surface area contributed by atoms with Crippen LogP contribution in [0.1, 0.15) is 46.9 Å². The van der Waals surface area contributed by atoms with Crippen LogP contribution in [0.15, 0.2) is 24.4 Å². The number of carbonyl (C=O) groups is 1. The molecule has 0 spiro atoms. The molecule has 1 saturated heterocycles. The maximum atomic E-state index is 12.7. The number of amides is 1. The van der Waals surface area contributed by atoms with Gasteiger partial charge in [0.25, 0.3) is 5.91 Å². The molecule has 0 saturated carbocycles. The zero-order valence-corrected chi connectivity index (χ0v) is 14.5. The van der Waals surface area contributed by atoms with Crippen molar-refractivity contribution < 1.29 is 9.90 Å². The number of aryl methyl sites for hydroxylation is 1. The molecule has 0 aromatic carbocycles. The molecular weight excluding hydrogens is 324 g/mol. The van der Waals surface area contributed by atoms with Crippen LogP contribution >= 0.6 is 11.3 Å². The molecule has 24 heavy (non-hydrogen) atoms. The molecule has 1 atom stereocenters. The maximum Gasteiger partial charge on any atom is 0.265 e. The van der Waals surface area contributed by atoms with E-state index in [9.17, 15) is 9.90 Å². The van der Waals surface area contributed by atoms with Crippen molar-refractivity contribution in [2.75, 3.05) is 18.8 Å². The quantitative estimate of drug-likeness (QED) is 0.886. The minimum absolute atomic E-state index is 0.00632. The molecule has 3 N–H and O–H groups in total. The lowest BCUT2D eigenvalue weighted by molar-refractivity contribution is 0.0450. The summed E-state index contributed by atoms with van der Waals surface area (Å²) in [5, 5.41) is 10.9. The number of nitrogens with two attached hydrogens (primary N) is 1. The average Bonchev–Trinajstić information content (AvgIpc) is 3.02. The van der Waals surface area contributed by atoms with Crippen molar-refractivity contribution in [3.63, 3.8) is 0 Å². The molecule has 0 unspecified atom stereocenters. The van der Waals surface area contributed by atoms with Crippen molar-refractivity contribution in [1.29, 1.82) is 0 Å². The standard InChI is InChI=1S/C17H22N4O2S/c1-2-12-15(24-17(18)20-12)16(23)21-9-6-11(7-10-21)14(22)13-5-3-4-8-19-13/h3-5,8,11,14,22H,2,6-7,9-10H2,1H3,(H2,18,20)/t14-/m1/s1. The highest BCUT2D eigenvalue weighted by Gasteiger charge is 2.30. The van der Waals surface area contributed by atoms with E-state index in [-0.39, 0.29) is 11.8 Å². The van der Waals surface area contributed by atoms with Gasteiger partial charge >= 0.3 is 0 Å².